The van der Waals surface area contributed by atoms with Gasteiger partial charge >= 0.3 is 0 Å². The van der Waals surface area contributed by atoms with Crippen LogP contribution in [0.4, 0.5) is 0 Å². The number of carbonyl (C=O) groups is 2. The summed E-state index contributed by atoms with van der Waals surface area (Å²) in [5.41, 5.74) is 0. The molecule has 0 aromatic carbocycles. The third-order valence-corrected chi connectivity index (χ3v) is 3.95. The summed E-state index contributed by atoms with van der Waals surface area (Å²) in [5, 5.41) is 16.2. The van der Waals surface area contributed by atoms with Crippen molar-refractivity contribution < 1.29 is 14.7 Å². The number of thiophene rings is 1. The Morgan fingerprint density at radius 1 is 1.40 bits per heavy atom. The van der Waals surface area contributed by atoms with E-state index in [2.05, 4.69) is 10.6 Å². The van der Waals surface area contributed by atoms with E-state index in [4.69, 9.17) is 5.11 Å². The molecule has 0 bridgehead atoms. The van der Waals surface area contributed by atoms with E-state index in [0.717, 1.165) is 6.42 Å². The summed E-state index contributed by atoms with van der Waals surface area (Å²) in [6.45, 7) is 3.09. The molecule has 20 heavy (non-hydrogen) atoms. The molecule has 1 aromatic heterocycles. The molecule has 6 heteroatoms. The Bertz CT molecular complexity index is 407. The molecule has 112 valence electrons. The van der Waals surface area contributed by atoms with Crippen LogP contribution < -0.4 is 10.6 Å². The van der Waals surface area contributed by atoms with Gasteiger partial charge in [0.15, 0.2) is 0 Å². The van der Waals surface area contributed by atoms with Gasteiger partial charge < -0.3 is 15.7 Å². The van der Waals surface area contributed by atoms with Crippen molar-refractivity contribution in [3.05, 3.63) is 22.4 Å². The minimum Gasteiger partial charge on any atom is -0.396 e. The van der Waals surface area contributed by atoms with Crippen LogP contribution in [0, 0.1) is 5.92 Å². The first-order chi connectivity index (χ1) is 9.67. The van der Waals surface area contributed by atoms with Crippen LogP contribution in [0.5, 0.6) is 0 Å². The van der Waals surface area contributed by atoms with Gasteiger partial charge in [-0.15, -0.1) is 11.3 Å². The van der Waals surface area contributed by atoms with Gasteiger partial charge in [0, 0.05) is 26.1 Å². The molecule has 0 aliphatic heterocycles. The fourth-order valence-corrected chi connectivity index (χ4v) is 2.40. The third-order valence-electron chi connectivity index (χ3n) is 3.09. The second kappa shape index (κ2) is 9.50. The second-order valence-corrected chi connectivity index (χ2v) is 5.52. The monoisotopic (exact) mass is 298 g/mol. The summed E-state index contributed by atoms with van der Waals surface area (Å²) in [6.07, 6.45) is 1.90. The summed E-state index contributed by atoms with van der Waals surface area (Å²) in [4.78, 5) is 23.9. The first-order valence-electron chi connectivity index (χ1n) is 6.86. The number of hydrogen-bond donors (Lipinski definition) is 3. The van der Waals surface area contributed by atoms with E-state index < -0.39 is 0 Å². The SMILES string of the molecule is CCC(CCO)CNC(=O)CCNC(=O)c1cccs1. The lowest BCUT2D eigenvalue weighted by atomic mass is 10.0. The molecule has 0 radical (unpaired) electrons. The van der Waals surface area contributed by atoms with Gasteiger partial charge in [-0.05, 0) is 23.8 Å². The van der Waals surface area contributed by atoms with Crippen LogP contribution in [-0.2, 0) is 4.79 Å². The van der Waals surface area contributed by atoms with Crippen molar-refractivity contribution in [1.82, 2.24) is 10.6 Å². The zero-order valence-corrected chi connectivity index (χ0v) is 12.5. The molecule has 5 nitrogen and oxygen atoms in total. The van der Waals surface area contributed by atoms with Crippen molar-refractivity contribution in [2.75, 3.05) is 19.7 Å². The first kappa shape index (κ1) is 16.7. The number of aliphatic hydroxyl groups excluding tert-OH is 1. The average molecular weight is 298 g/mol. The van der Waals surface area contributed by atoms with E-state index in [1.165, 1.54) is 11.3 Å². The minimum absolute atomic E-state index is 0.0760. The topological polar surface area (TPSA) is 78.4 Å². The molecule has 1 rings (SSSR count). The summed E-state index contributed by atoms with van der Waals surface area (Å²) in [6, 6.07) is 3.57. The molecule has 1 aromatic rings. The van der Waals surface area contributed by atoms with Gasteiger partial charge in [-0.3, -0.25) is 9.59 Å². The minimum atomic E-state index is -0.139. The van der Waals surface area contributed by atoms with Crippen LogP contribution >= 0.6 is 11.3 Å². The summed E-state index contributed by atoms with van der Waals surface area (Å²) >= 11 is 1.38. The molecule has 2 amide bonds. The van der Waals surface area contributed by atoms with E-state index in [0.29, 0.717) is 30.3 Å². The van der Waals surface area contributed by atoms with Crippen LogP contribution in [0.3, 0.4) is 0 Å². The zero-order valence-electron chi connectivity index (χ0n) is 11.7. The highest BCUT2D eigenvalue weighted by atomic mass is 32.1. The number of amides is 2. The number of rotatable bonds is 9. The Kier molecular flexibility index (Phi) is 7.91. The van der Waals surface area contributed by atoms with E-state index in [-0.39, 0.29) is 24.8 Å². The van der Waals surface area contributed by atoms with Gasteiger partial charge in [-0.2, -0.15) is 0 Å². The predicted molar refractivity (Wildman–Crippen MR) is 79.8 cm³/mol. The van der Waals surface area contributed by atoms with Crippen molar-refractivity contribution in [3.8, 4) is 0 Å². The molecule has 1 unspecified atom stereocenters. The van der Waals surface area contributed by atoms with E-state index in [1.807, 2.05) is 18.4 Å². The smallest absolute Gasteiger partial charge is 0.261 e. The number of aliphatic hydroxyl groups is 1. The molecule has 0 spiro atoms. The number of nitrogens with one attached hydrogen (secondary N) is 2. The molecule has 0 fully saturated rings. The summed E-state index contributed by atoms with van der Waals surface area (Å²) in [7, 11) is 0. The van der Waals surface area contributed by atoms with Crippen molar-refractivity contribution in [2.45, 2.75) is 26.2 Å². The summed E-state index contributed by atoms with van der Waals surface area (Å²) in [5.74, 6) is 0.0945. The van der Waals surface area contributed by atoms with Crippen molar-refractivity contribution >= 4 is 23.2 Å². The number of carbonyl (C=O) groups excluding carboxylic acids is 2. The molecular formula is C14H22N2O3S. The first-order valence-corrected chi connectivity index (χ1v) is 7.74. The molecule has 0 saturated heterocycles. The van der Waals surface area contributed by atoms with Crippen LogP contribution in [-0.4, -0.2) is 36.6 Å². The fourth-order valence-electron chi connectivity index (χ4n) is 1.76. The average Bonchev–Trinajstić information content (AvgIpc) is 2.97. The van der Waals surface area contributed by atoms with Gasteiger partial charge in [-0.1, -0.05) is 19.4 Å². The maximum Gasteiger partial charge on any atom is 0.261 e. The maximum absolute atomic E-state index is 11.6. The van der Waals surface area contributed by atoms with Crippen LogP contribution in [0.1, 0.15) is 35.9 Å². The Hall–Kier alpha value is -1.40. The molecular weight excluding hydrogens is 276 g/mol. The van der Waals surface area contributed by atoms with Gasteiger partial charge in [-0.25, -0.2) is 0 Å². The van der Waals surface area contributed by atoms with Crippen LogP contribution in [0.25, 0.3) is 0 Å². The van der Waals surface area contributed by atoms with Crippen LogP contribution in [0.15, 0.2) is 17.5 Å². The molecule has 1 heterocycles. The van der Waals surface area contributed by atoms with E-state index in [1.54, 1.807) is 6.07 Å². The van der Waals surface area contributed by atoms with E-state index >= 15 is 0 Å². The Balaban J connectivity index is 2.15. The molecule has 0 saturated carbocycles. The normalized spacial score (nSPS) is 11.9. The molecule has 1 atom stereocenters. The predicted octanol–water partition coefficient (Wildman–Crippen LogP) is 1.39. The quantitative estimate of drug-likeness (QED) is 0.645. The lowest BCUT2D eigenvalue weighted by Crippen LogP contribution is -2.33. The van der Waals surface area contributed by atoms with Crippen molar-refractivity contribution in [3.63, 3.8) is 0 Å². The Morgan fingerprint density at radius 2 is 2.20 bits per heavy atom. The highest BCUT2D eigenvalue weighted by molar-refractivity contribution is 7.12. The van der Waals surface area contributed by atoms with Gasteiger partial charge in [0.05, 0.1) is 4.88 Å². The largest absolute Gasteiger partial charge is 0.396 e. The van der Waals surface area contributed by atoms with Crippen molar-refractivity contribution in [1.29, 1.82) is 0 Å². The number of hydrogen-bond acceptors (Lipinski definition) is 4. The molecule has 0 aliphatic rings. The standard InChI is InChI=1S/C14H22N2O3S/c1-2-11(6-8-17)10-16-13(18)5-7-15-14(19)12-4-3-9-20-12/h3-4,9,11,17H,2,5-8,10H2,1H3,(H,15,19)(H,16,18). The molecule has 0 aliphatic carbocycles. The lowest BCUT2D eigenvalue weighted by molar-refractivity contribution is -0.121. The maximum atomic E-state index is 11.6. The highest BCUT2D eigenvalue weighted by Gasteiger charge is 2.09. The van der Waals surface area contributed by atoms with Gasteiger partial charge in [0.25, 0.3) is 5.91 Å². The Morgan fingerprint density at radius 3 is 2.80 bits per heavy atom. The van der Waals surface area contributed by atoms with Gasteiger partial charge in [0.1, 0.15) is 0 Å². The molecule has 3 N–H and O–H groups in total. The van der Waals surface area contributed by atoms with Crippen LogP contribution in [0.2, 0.25) is 0 Å². The summed E-state index contributed by atoms with van der Waals surface area (Å²) < 4.78 is 0. The van der Waals surface area contributed by atoms with Crippen molar-refractivity contribution in [2.24, 2.45) is 5.92 Å². The lowest BCUT2D eigenvalue weighted by Gasteiger charge is -2.14. The Labute approximate surface area is 123 Å². The third kappa shape index (κ3) is 6.16. The van der Waals surface area contributed by atoms with E-state index in [9.17, 15) is 9.59 Å². The van der Waals surface area contributed by atoms with Gasteiger partial charge in [0.2, 0.25) is 5.91 Å². The fraction of sp³-hybridized carbons (Fsp3) is 0.571. The zero-order chi connectivity index (χ0) is 14.8. The highest BCUT2D eigenvalue weighted by Crippen LogP contribution is 2.07. The second-order valence-electron chi connectivity index (χ2n) is 4.57.